The minimum absolute atomic E-state index is 0. The average molecular weight is 179 g/mol. The molecule has 0 rings (SSSR count). The smallest absolute Gasteiger partial charge is 1.00 e. The monoisotopic (exact) mass is 179 g/mol. The number of nitrogens with zero attached hydrogens (tertiary/aromatic N) is 1. The largest absolute Gasteiger partial charge is 1.00 e. The van der Waals surface area contributed by atoms with Gasteiger partial charge in [0.05, 0.1) is 0 Å². The Bertz CT molecular complexity index is 85.4. The first-order valence-electron chi connectivity index (χ1n) is 5.57. The Kier molecular flexibility index (Phi) is 15.5. The third-order valence-corrected chi connectivity index (χ3v) is 2.16. The van der Waals surface area contributed by atoms with E-state index < -0.39 is 0 Å². The second kappa shape index (κ2) is 12.6. The van der Waals surface area contributed by atoms with Crippen molar-refractivity contribution in [2.75, 3.05) is 19.6 Å². The van der Waals surface area contributed by atoms with Crippen molar-refractivity contribution in [2.45, 2.75) is 52.9 Å². The summed E-state index contributed by atoms with van der Waals surface area (Å²) >= 11 is 0. The van der Waals surface area contributed by atoms with Crippen LogP contribution in [0.2, 0.25) is 0 Å². The van der Waals surface area contributed by atoms with Gasteiger partial charge in [0.15, 0.2) is 0 Å². The van der Waals surface area contributed by atoms with E-state index in [1.807, 2.05) is 0 Å². The zero-order valence-electron chi connectivity index (χ0n) is 11.1. The van der Waals surface area contributed by atoms with Crippen molar-refractivity contribution >= 4 is 0 Å². The van der Waals surface area contributed by atoms with Gasteiger partial charge in [-0.25, -0.2) is 0 Å². The molecule has 76 valence electrons. The third-order valence-electron chi connectivity index (χ3n) is 2.16. The van der Waals surface area contributed by atoms with Crippen LogP contribution in [-0.2, 0) is 0 Å². The van der Waals surface area contributed by atoms with Crippen LogP contribution in [0.5, 0.6) is 0 Å². The van der Waals surface area contributed by atoms with Gasteiger partial charge in [-0.05, 0) is 38.9 Å². The van der Waals surface area contributed by atoms with E-state index in [2.05, 4.69) is 25.7 Å². The minimum Gasteiger partial charge on any atom is -1.00 e. The van der Waals surface area contributed by atoms with Gasteiger partial charge >= 0.3 is 18.9 Å². The van der Waals surface area contributed by atoms with Crippen LogP contribution in [0.25, 0.3) is 0 Å². The van der Waals surface area contributed by atoms with Crippen LogP contribution in [0, 0.1) is 0 Å². The van der Waals surface area contributed by atoms with Crippen LogP contribution in [-0.4, -0.2) is 24.5 Å². The molecule has 0 aliphatic carbocycles. The molecule has 0 unspecified atom stereocenters. The molecule has 0 bridgehead atoms. The minimum atomic E-state index is 0. The number of rotatable bonds is 8. The molecule has 0 aromatic carbocycles. The van der Waals surface area contributed by atoms with Crippen LogP contribution in [0.1, 0.15) is 54.3 Å². The molecule has 0 saturated carbocycles. The van der Waals surface area contributed by atoms with Crippen LogP contribution in [0.15, 0.2) is 0 Å². The molecule has 0 saturated heterocycles. The quantitative estimate of drug-likeness (QED) is 0.385. The molecule has 0 amide bonds. The van der Waals surface area contributed by atoms with Crippen molar-refractivity contribution in [3.05, 3.63) is 0 Å². The molecule has 0 aromatic rings. The van der Waals surface area contributed by atoms with E-state index in [4.69, 9.17) is 0 Å². The van der Waals surface area contributed by atoms with Gasteiger partial charge in [0.2, 0.25) is 0 Å². The summed E-state index contributed by atoms with van der Waals surface area (Å²) < 4.78 is 0. The summed E-state index contributed by atoms with van der Waals surface area (Å²) in [5, 5.41) is 0. The van der Waals surface area contributed by atoms with Gasteiger partial charge in [0, 0.05) is 0 Å². The Morgan fingerprint density at radius 1 is 0.769 bits per heavy atom. The van der Waals surface area contributed by atoms with Crippen LogP contribution in [0.4, 0.5) is 0 Å². The molecule has 0 heterocycles. The maximum Gasteiger partial charge on any atom is 1.00 e. The number of unbranched alkanes of at least 4 members (excludes halogenated alkanes) is 2. The molecule has 2 heteroatoms. The van der Waals surface area contributed by atoms with Crippen LogP contribution >= 0.6 is 0 Å². The second-order valence-corrected chi connectivity index (χ2v) is 3.55. The summed E-state index contributed by atoms with van der Waals surface area (Å²) in [6.45, 7) is 10.7. The van der Waals surface area contributed by atoms with Crippen molar-refractivity contribution in [1.29, 1.82) is 0 Å². The first-order chi connectivity index (χ1) is 5.85. The Hall–Kier alpha value is 0.557. The molecule has 1 nitrogen and oxygen atoms in total. The molecule has 0 aromatic heterocycles. The zero-order valence-corrected chi connectivity index (χ0v) is 10.1. The van der Waals surface area contributed by atoms with E-state index in [0.717, 1.165) is 0 Å². The van der Waals surface area contributed by atoms with Gasteiger partial charge < -0.3 is 6.33 Å². The summed E-state index contributed by atoms with van der Waals surface area (Å²) in [7, 11) is 0. The predicted octanol–water partition coefficient (Wildman–Crippen LogP) is 0.415. The normalized spacial score (nSPS) is 10.2. The zero-order chi connectivity index (χ0) is 9.23. The average Bonchev–Trinajstić information content (AvgIpc) is 2.06. The molecular weight excluding hydrogens is 153 g/mol. The van der Waals surface area contributed by atoms with E-state index in [1.165, 1.54) is 51.7 Å². The van der Waals surface area contributed by atoms with E-state index in [-0.39, 0.29) is 20.3 Å². The number of hydrogen-bond acceptors (Lipinski definition) is 1. The van der Waals surface area contributed by atoms with E-state index in [0.29, 0.717) is 0 Å². The second-order valence-electron chi connectivity index (χ2n) is 3.55. The maximum atomic E-state index is 2.59. The molecule has 0 radical (unpaired) electrons. The Labute approximate surface area is 97.9 Å². The fourth-order valence-corrected chi connectivity index (χ4v) is 1.55. The van der Waals surface area contributed by atoms with Crippen molar-refractivity contribution in [3.8, 4) is 0 Å². The SMILES string of the molecule is CCCCCN(CCC)CCC.[H-].[Li+]. The third kappa shape index (κ3) is 10.5. The summed E-state index contributed by atoms with van der Waals surface area (Å²) in [5.41, 5.74) is 0. The summed E-state index contributed by atoms with van der Waals surface area (Å²) in [6, 6.07) is 0. The van der Waals surface area contributed by atoms with Gasteiger partial charge in [-0.15, -0.1) is 0 Å². The molecule has 0 atom stereocenters. The summed E-state index contributed by atoms with van der Waals surface area (Å²) in [4.78, 5) is 2.59. The molecule has 0 aliphatic rings. The summed E-state index contributed by atoms with van der Waals surface area (Å²) in [5.74, 6) is 0. The first-order valence-corrected chi connectivity index (χ1v) is 5.57. The van der Waals surface area contributed by atoms with Gasteiger partial charge in [-0.2, -0.15) is 0 Å². The fourth-order valence-electron chi connectivity index (χ4n) is 1.55. The van der Waals surface area contributed by atoms with Crippen LogP contribution < -0.4 is 18.9 Å². The van der Waals surface area contributed by atoms with Gasteiger partial charge in [0.1, 0.15) is 0 Å². The van der Waals surface area contributed by atoms with Crippen molar-refractivity contribution < 1.29 is 20.3 Å². The topological polar surface area (TPSA) is 3.24 Å². The number of hydrogen-bond donors (Lipinski definition) is 0. The van der Waals surface area contributed by atoms with Gasteiger partial charge in [-0.3, -0.25) is 0 Å². The molecule has 0 fully saturated rings. The van der Waals surface area contributed by atoms with E-state index in [9.17, 15) is 0 Å². The van der Waals surface area contributed by atoms with Crippen molar-refractivity contribution in [1.82, 2.24) is 4.90 Å². The van der Waals surface area contributed by atoms with Crippen molar-refractivity contribution in [2.24, 2.45) is 0 Å². The molecule has 13 heavy (non-hydrogen) atoms. The maximum absolute atomic E-state index is 2.59. The Balaban J connectivity index is -0.000000605. The molecule has 0 N–H and O–H groups in total. The van der Waals surface area contributed by atoms with Gasteiger partial charge in [0.25, 0.3) is 0 Å². The Morgan fingerprint density at radius 2 is 1.31 bits per heavy atom. The standard InChI is InChI=1S/C11H25N.Li.H/c1-4-7-8-11-12(9-5-2)10-6-3;;/h4-11H2,1-3H3;;/q;+1;-1. The molecule has 0 spiro atoms. The molecular formula is C11H26LiN. The first kappa shape index (κ1) is 16.0. The van der Waals surface area contributed by atoms with E-state index >= 15 is 0 Å². The molecule has 0 aliphatic heterocycles. The predicted molar refractivity (Wildman–Crippen MR) is 57.7 cm³/mol. The van der Waals surface area contributed by atoms with Crippen molar-refractivity contribution in [3.63, 3.8) is 0 Å². The summed E-state index contributed by atoms with van der Waals surface area (Å²) in [6.07, 6.45) is 6.71. The Morgan fingerprint density at radius 3 is 1.69 bits per heavy atom. The fraction of sp³-hybridized carbons (Fsp3) is 1.00. The van der Waals surface area contributed by atoms with Crippen LogP contribution in [0.3, 0.4) is 0 Å². The van der Waals surface area contributed by atoms with Gasteiger partial charge in [-0.1, -0.05) is 33.6 Å². The van der Waals surface area contributed by atoms with E-state index in [1.54, 1.807) is 0 Å².